The van der Waals surface area contributed by atoms with Crippen LogP contribution in [0.1, 0.15) is 37.8 Å². The second-order valence-electron chi connectivity index (χ2n) is 10.2. The van der Waals surface area contributed by atoms with Gasteiger partial charge in [-0.1, -0.05) is 78.9 Å². The highest BCUT2D eigenvalue weighted by Crippen LogP contribution is 2.41. The SMILES string of the molecule is CC1(C)C(CCCN=C(NC(=O)OCc2ccccc2)NC(=O)OCc2ccccc2)C(=O)N1S(=O)Oc1ccccc1. The van der Waals surface area contributed by atoms with Gasteiger partial charge in [-0.05, 0) is 49.9 Å². The molecule has 0 bridgehead atoms. The number of para-hydroxylation sites is 1. The highest BCUT2D eigenvalue weighted by molar-refractivity contribution is 7.78. The molecule has 0 radical (unpaired) electrons. The topological polar surface area (TPSA) is 136 Å². The predicted molar refractivity (Wildman–Crippen MR) is 161 cm³/mol. The van der Waals surface area contributed by atoms with Gasteiger partial charge in [0.2, 0.25) is 11.9 Å². The van der Waals surface area contributed by atoms with Crippen LogP contribution in [0, 0.1) is 5.92 Å². The van der Waals surface area contributed by atoms with Gasteiger partial charge in [0.1, 0.15) is 19.0 Å². The summed E-state index contributed by atoms with van der Waals surface area (Å²) in [5.74, 6) is -0.426. The van der Waals surface area contributed by atoms with E-state index in [4.69, 9.17) is 13.7 Å². The summed E-state index contributed by atoms with van der Waals surface area (Å²) >= 11 is -1.98. The number of carbonyl (C=O) groups is 3. The van der Waals surface area contributed by atoms with Crippen LogP contribution in [0.4, 0.5) is 9.59 Å². The second-order valence-corrected chi connectivity index (χ2v) is 11.2. The summed E-state index contributed by atoms with van der Waals surface area (Å²) in [4.78, 5) is 42.1. The number of ether oxygens (including phenoxy) is 2. The summed E-state index contributed by atoms with van der Waals surface area (Å²) in [5.41, 5.74) is 0.883. The zero-order valence-corrected chi connectivity index (χ0v) is 24.8. The average molecular weight is 607 g/mol. The number of nitrogens with one attached hydrogen (secondary N) is 2. The van der Waals surface area contributed by atoms with E-state index in [2.05, 4.69) is 15.6 Å². The molecule has 1 saturated heterocycles. The van der Waals surface area contributed by atoms with Crippen molar-refractivity contribution in [3.05, 3.63) is 102 Å². The Morgan fingerprint density at radius 3 is 1.81 bits per heavy atom. The lowest BCUT2D eigenvalue weighted by molar-refractivity contribution is -0.154. The lowest BCUT2D eigenvalue weighted by Gasteiger charge is -2.51. The third-order valence-corrected chi connectivity index (χ3v) is 8.01. The molecule has 3 aromatic rings. The summed E-state index contributed by atoms with van der Waals surface area (Å²) in [5, 5.41) is 4.90. The molecule has 1 aliphatic heterocycles. The van der Waals surface area contributed by atoms with Crippen LogP contribution in [0.25, 0.3) is 0 Å². The Kier molecular flexibility index (Phi) is 10.9. The zero-order valence-electron chi connectivity index (χ0n) is 23.9. The first-order chi connectivity index (χ1) is 20.7. The van der Waals surface area contributed by atoms with Gasteiger partial charge in [-0.25, -0.2) is 13.9 Å². The number of β-lactam (4-membered cyclic amide) rings is 1. The van der Waals surface area contributed by atoms with E-state index in [9.17, 15) is 18.6 Å². The fourth-order valence-electron chi connectivity index (χ4n) is 4.45. The Morgan fingerprint density at radius 2 is 1.33 bits per heavy atom. The van der Waals surface area contributed by atoms with Gasteiger partial charge in [-0.2, -0.15) is 4.21 Å². The van der Waals surface area contributed by atoms with Crippen molar-refractivity contribution in [1.29, 1.82) is 0 Å². The summed E-state index contributed by atoms with van der Waals surface area (Å²) < 4.78 is 29.9. The quantitative estimate of drug-likeness (QED) is 0.138. The largest absolute Gasteiger partial charge is 0.444 e. The minimum absolute atomic E-state index is 0.0309. The summed E-state index contributed by atoms with van der Waals surface area (Å²) in [7, 11) is 0. The van der Waals surface area contributed by atoms with E-state index in [0.29, 0.717) is 18.6 Å². The molecule has 3 aromatic carbocycles. The van der Waals surface area contributed by atoms with Crippen molar-refractivity contribution < 1.29 is 32.2 Å². The van der Waals surface area contributed by atoms with Crippen LogP contribution >= 0.6 is 0 Å². The van der Waals surface area contributed by atoms with Gasteiger partial charge in [-0.15, -0.1) is 0 Å². The van der Waals surface area contributed by atoms with Crippen molar-refractivity contribution in [2.45, 2.75) is 45.4 Å². The fraction of sp³-hybridized carbons (Fsp3) is 0.290. The molecule has 1 fully saturated rings. The maximum atomic E-state index is 12.9. The molecule has 2 unspecified atom stereocenters. The Morgan fingerprint density at radius 1 is 0.837 bits per heavy atom. The molecule has 0 saturated carbocycles. The summed E-state index contributed by atoms with van der Waals surface area (Å²) in [6.07, 6.45) is -0.723. The number of benzene rings is 3. The molecule has 2 N–H and O–H groups in total. The summed E-state index contributed by atoms with van der Waals surface area (Å²) in [6, 6.07) is 26.9. The number of rotatable bonds is 11. The number of guanidine groups is 1. The first-order valence-electron chi connectivity index (χ1n) is 13.7. The standard InChI is InChI=1S/C31H34N4O7S/c1-31(2)26(27(36)35(31)43(39)42-25-17-10-5-11-18-25)19-12-20-32-28(33-29(37)40-21-23-13-6-3-7-14-23)34-30(38)41-22-24-15-8-4-9-16-24/h3-11,13-18,26H,12,19-22H2,1-2H3,(H2,32,33,34,37,38). The smallest absolute Gasteiger partial charge is 0.414 e. The number of carbonyl (C=O) groups excluding carboxylic acids is 3. The molecule has 4 rings (SSSR count). The van der Waals surface area contributed by atoms with E-state index in [0.717, 1.165) is 11.1 Å². The number of amides is 3. The number of nitrogens with zero attached hydrogens (tertiary/aromatic N) is 2. The van der Waals surface area contributed by atoms with E-state index >= 15 is 0 Å². The van der Waals surface area contributed by atoms with E-state index in [1.54, 1.807) is 24.3 Å². The van der Waals surface area contributed by atoms with Crippen molar-refractivity contribution in [1.82, 2.24) is 14.9 Å². The van der Waals surface area contributed by atoms with E-state index in [-0.39, 0.29) is 31.6 Å². The molecule has 12 heteroatoms. The van der Waals surface area contributed by atoms with Gasteiger partial charge in [0.25, 0.3) is 0 Å². The molecule has 3 amide bonds. The van der Waals surface area contributed by atoms with Crippen molar-refractivity contribution >= 4 is 35.3 Å². The molecule has 1 aliphatic rings. The van der Waals surface area contributed by atoms with Gasteiger partial charge >= 0.3 is 23.5 Å². The lowest BCUT2D eigenvalue weighted by Crippen LogP contribution is -2.68. The van der Waals surface area contributed by atoms with Gasteiger partial charge < -0.3 is 13.7 Å². The van der Waals surface area contributed by atoms with Crippen molar-refractivity contribution in [3.63, 3.8) is 0 Å². The molecular weight excluding hydrogens is 572 g/mol. The third kappa shape index (κ3) is 8.89. The Labute approximate surface area is 253 Å². The van der Waals surface area contributed by atoms with Crippen LogP contribution in [-0.2, 0) is 38.7 Å². The average Bonchev–Trinajstić information content (AvgIpc) is 3.00. The van der Waals surface area contributed by atoms with Crippen LogP contribution in [0.15, 0.2) is 96.0 Å². The molecule has 1 heterocycles. The number of hydrogen-bond acceptors (Lipinski definition) is 8. The van der Waals surface area contributed by atoms with Crippen molar-refractivity contribution in [3.8, 4) is 5.75 Å². The predicted octanol–water partition coefficient (Wildman–Crippen LogP) is 4.87. The third-order valence-electron chi connectivity index (χ3n) is 6.72. The lowest BCUT2D eigenvalue weighted by atomic mass is 9.76. The Balaban J connectivity index is 1.31. The molecule has 11 nitrogen and oxygen atoms in total. The van der Waals surface area contributed by atoms with Crippen LogP contribution < -0.4 is 14.8 Å². The van der Waals surface area contributed by atoms with E-state index in [1.165, 1.54) is 4.31 Å². The van der Waals surface area contributed by atoms with Crippen LogP contribution in [-0.4, -0.2) is 44.7 Å². The fourth-order valence-corrected chi connectivity index (χ4v) is 5.59. The molecule has 2 atom stereocenters. The zero-order chi connectivity index (χ0) is 30.7. The molecular formula is C31H34N4O7S. The van der Waals surface area contributed by atoms with Gasteiger partial charge in [0.15, 0.2) is 0 Å². The molecule has 43 heavy (non-hydrogen) atoms. The molecule has 0 aliphatic carbocycles. The molecule has 226 valence electrons. The van der Waals surface area contributed by atoms with Gasteiger partial charge in [0, 0.05) is 6.54 Å². The second kappa shape index (κ2) is 15.0. The highest BCUT2D eigenvalue weighted by Gasteiger charge is 2.57. The van der Waals surface area contributed by atoms with E-state index < -0.39 is 34.9 Å². The van der Waals surface area contributed by atoms with Crippen LogP contribution in [0.3, 0.4) is 0 Å². The minimum Gasteiger partial charge on any atom is -0.444 e. The number of aliphatic imine (C=N–C) groups is 1. The van der Waals surface area contributed by atoms with Gasteiger partial charge in [-0.3, -0.25) is 20.4 Å². The molecule has 0 spiro atoms. The molecule has 0 aromatic heterocycles. The monoisotopic (exact) mass is 606 g/mol. The van der Waals surface area contributed by atoms with Crippen LogP contribution in [0.5, 0.6) is 5.75 Å². The Bertz CT molecular complexity index is 1380. The first kappa shape index (κ1) is 31.2. The normalized spacial score (nSPS) is 15.8. The minimum atomic E-state index is -1.98. The van der Waals surface area contributed by atoms with Gasteiger partial charge in [0.05, 0.1) is 11.5 Å². The highest BCUT2D eigenvalue weighted by atomic mass is 32.2. The maximum absolute atomic E-state index is 12.9. The van der Waals surface area contributed by atoms with Crippen molar-refractivity contribution in [2.24, 2.45) is 10.9 Å². The van der Waals surface area contributed by atoms with E-state index in [1.807, 2.05) is 80.6 Å². The maximum Gasteiger partial charge on any atom is 0.414 e. The Hall–Kier alpha value is -4.71. The first-order valence-corrected chi connectivity index (χ1v) is 14.8. The van der Waals surface area contributed by atoms with Crippen molar-refractivity contribution in [2.75, 3.05) is 6.54 Å². The summed E-state index contributed by atoms with van der Waals surface area (Å²) in [6.45, 7) is 3.90. The van der Waals surface area contributed by atoms with Crippen LogP contribution in [0.2, 0.25) is 0 Å². The number of alkyl carbamates (subject to hydrolysis) is 2. The number of hydrogen-bond donors (Lipinski definition) is 2.